The quantitative estimate of drug-likeness (QED) is 0.724. The van der Waals surface area contributed by atoms with Crippen LogP contribution in [0.1, 0.15) is 6.42 Å². The summed E-state index contributed by atoms with van der Waals surface area (Å²) in [4.78, 5) is 24.4. The number of morpholine rings is 1. The zero-order valence-electron chi connectivity index (χ0n) is 10.9. The first-order valence-electron chi connectivity index (χ1n) is 6.31. The largest absolute Gasteiger partial charge is 0.480 e. The molecular formula is C11H17NO6S2. The maximum Gasteiger partial charge on any atom is 0.328 e. The summed E-state index contributed by atoms with van der Waals surface area (Å²) in [5.41, 5.74) is 0. The summed E-state index contributed by atoms with van der Waals surface area (Å²) in [5, 5.41) is 8.98. The number of aliphatic carboxylic acids is 1. The molecule has 0 radical (unpaired) electrons. The molecule has 0 aromatic heterocycles. The Balaban J connectivity index is 1.86. The second-order valence-electron chi connectivity index (χ2n) is 4.85. The van der Waals surface area contributed by atoms with Crippen molar-refractivity contribution in [1.82, 2.24) is 4.90 Å². The van der Waals surface area contributed by atoms with Crippen LogP contribution in [-0.2, 0) is 24.2 Å². The van der Waals surface area contributed by atoms with Gasteiger partial charge in [0.25, 0.3) is 0 Å². The maximum absolute atomic E-state index is 12.1. The maximum atomic E-state index is 12.1. The van der Waals surface area contributed by atoms with Gasteiger partial charge in [-0.25, -0.2) is 13.2 Å². The van der Waals surface area contributed by atoms with Gasteiger partial charge in [-0.2, -0.15) is 0 Å². The molecule has 20 heavy (non-hydrogen) atoms. The minimum absolute atomic E-state index is 0.00352. The van der Waals surface area contributed by atoms with E-state index in [1.165, 1.54) is 16.7 Å². The molecule has 0 aromatic rings. The van der Waals surface area contributed by atoms with Gasteiger partial charge in [0.2, 0.25) is 5.91 Å². The van der Waals surface area contributed by atoms with Gasteiger partial charge in [-0.1, -0.05) is 0 Å². The topological polar surface area (TPSA) is 101 Å². The fourth-order valence-corrected chi connectivity index (χ4v) is 5.80. The highest BCUT2D eigenvalue weighted by atomic mass is 32.2. The second kappa shape index (κ2) is 6.31. The van der Waals surface area contributed by atoms with E-state index in [0.29, 0.717) is 13.0 Å². The van der Waals surface area contributed by atoms with Gasteiger partial charge < -0.3 is 14.7 Å². The van der Waals surface area contributed by atoms with E-state index in [2.05, 4.69) is 0 Å². The zero-order valence-corrected chi connectivity index (χ0v) is 12.5. The second-order valence-corrected chi connectivity index (χ2v) is 8.37. The lowest BCUT2D eigenvalue weighted by Gasteiger charge is -2.33. The van der Waals surface area contributed by atoms with Gasteiger partial charge in [0, 0.05) is 11.8 Å². The lowest BCUT2D eigenvalue weighted by Crippen LogP contribution is -2.53. The molecule has 7 nitrogen and oxygen atoms in total. The van der Waals surface area contributed by atoms with Gasteiger partial charge in [-0.3, -0.25) is 4.79 Å². The van der Waals surface area contributed by atoms with Crippen molar-refractivity contribution in [3.63, 3.8) is 0 Å². The van der Waals surface area contributed by atoms with Crippen molar-refractivity contribution < 1.29 is 27.9 Å². The van der Waals surface area contributed by atoms with Crippen molar-refractivity contribution in [2.45, 2.75) is 17.7 Å². The van der Waals surface area contributed by atoms with Crippen molar-refractivity contribution >= 4 is 33.5 Å². The lowest BCUT2D eigenvalue weighted by atomic mass is 10.2. The lowest BCUT2D eigenvalue weighted by molar-refractivity contribution is -0.157. The van der Waals surface area contributed by atoms with Crippen LogP contribution in [0.15, 0.2) is 0 Å². The Hall–Kier alpha value is -0.800. The summed E-state index contributed by atoms with van der Waals surface area (Å²) in [6, 6.07) is -0.941. The highest BCUT2D eigenvalue weighted by Crippen LogP contribution is 2.25. The van der Waals surface area contributed by atoms with Crippen LogP contribution in [0.3, 0.4) is 0 Å². The predicted octanol–water partition coefficient (Wildman–Crippen LogP) is -0.781. The summed E-state index contributed by atoms with van der Waals surface area (Å²) in [6.07, 6.45) is 0.561. The molecule has 2 aliphatic rings. The number of thioether (sulfide) groups is 1. The molecule has 2 heterocycles. The van der Waals surface area contributed by atoms with E-state index in [-0.39, 0.29) is 41.6 Å². The molecule has 0 spiro atoms. The molecule has 0 bridgehead atoms. The van der Waals surface area contributed by atoms with Crippen molar-refractivity contribution in [2.75, 3.05) is 37.0 Å². The summed E-state index contributed by atoms with van der Waals surface area (Å²) in [6.45, 7) is 0.598. The Labute approximate surface area is 121 Å². The van der Waals surface area contributed by atoms with Gasteiger partial charge >= 0.3 is 5.97 Å². The number of carbonyl (C=O) groups excluding carboxylic acids is 1. The summed E-state index contributed by atoms with van der Waals surface area (Å²) in [7, 11) is -2.95. The molecule has 9 heteroatoms. The molecule has 114 valence electrons. The third-order valence-corrected chi connectivity index (χ3v) is 6.63. The van der Waals surface area contributed by atoms with E-state index in [0.717, 1.165) is 0 Å². The Morgan fingerprint density at radius 3 is 2.75 bits per heavy atom. The molecule has 1 N–H and O–H groups in total. The average molecular weight is 323 g/mol. The number of carboxylic acid groups (broad SMARTS) is 1. The number of sulfone groups is 1. The molecule has 0 aliphatic carbocycles. The van der Waals surface area contributed by atoms with Gasteiger partial charge in [0.05, 0.1) is 30.5 Å². The van der Waals surface area contributed by atoms with E-state index in [1.807, 2.05) is 0 Å². The van der Waals surface area contributed by atoms with Crippen LogP contribution < -0.4 is 0 Å². The van der Waals surface area contributed by atoms with Gasteiger partial charge in [0.15, 0.2) is 15.9 Å². The first kappa shape index (κ1) is 15.6. The highest BCUT2D eigenvalue weighted by Gasteiger charge is 2.34. The number of rotatable bonds is 4. The molecule has 0 aromatic carbocycles. The molecule has 1 amide bonds. The fourth-order valence-electron chi connectivity index (χ4n) is 2.27. The van der Waals surface area contributed by atoms with Crippen molar-refractivity contribution in [1.29, 1.82) is 0 Å². The van der Waals surface area contributed by atoms with Crippen molar-refractivity contribution in [3.8, 4) is 0 Å². The zero-order chi connectivity index (χ0) is 14.8. The molecule has 0 saturated carbocycles. The molecule has 2 fully saturated rings. The minimum Gasteiger partial charge on any atom is -0.480 e. The number of carbonyl (C=O) groups is 2. The van der Waals surface area contributed by atoms with E-state index < -0.39 is 21.8 Å². The Kier molecular flexibility index (Phi) is 4.92. The summed E-state index contributed by atoms with van der Waals surface area (Å²) in [5.74, 6) is -0.948. The normalized spacial score (nSPS) is 29.3. The Bertz CT molecular complexity index is 491. The molecule has 2 saturated heterocycles. The number of nitrogens with zero attached hydrogens (tertiary/aromatic N) is 1. The van der Waals surface area contributed by atoms with E-state index in [9.17, 15) is 18.0 Å². The van der Waals surface area contributed by atoms with E-state index in [1.54, 1.807) is 0 Å². The number of ether oxygens (including phenoxy) is 1. The number of amides is 1. The molecule has 2 rings (SSSR count). The first-order valence-corrected chi connectivity index (χ1v) is 9.18. The molecule has 2 aliphatic heterocycles. The minimum atomic E-state index is -2.95. The van der Waals surface area contributed by atoms with Crippen LogP contribution in [0.25, 0.3) is 0 Å². The SMILES string of the molecule is O=C(O)C1COCCN1C(=O)CSC1CCS(=O)(=O)C1. The Morgan fingerprint density at radius 2 is 2.15 bits per heavy atom. The van der Waals surface area contributed by atoms with E-state index >= 15 is 0 Å². The van der Waals surface area contributed by atoms with Crippen LogP contribution in [-0.4, -0.2) is 78.6 Å². The van der Waals surface area contributed by atoms with Crippen molar-refractivity contribution in [2.24, 2.45) is 0 Å². The molecule has 2 atom stereocenters. The van der Waals surface area contributed by atoms with Crippen LogP contribution in [0, 0.1) is 0 Å². The van der Waals surface area contributed by atoms with Gasteiger partial charge in [-0.05, 0) is 6.42 Å². The average Bonchev–Trinajstić information content (AvgIpc) is 2.75. The van der Waals surface area contributed by atoms with Crippen molar-refractivity contribution in [3.05, 3.63) is 0 Å². The molecule has 2 unspecified atom stereocenters. The number of hydrogen-bond donors (Lipinski definition) is 1. The van der Waals surface area contributed by atoms with Crippen LogP contribution in [0.4, 0.5) is 0 Å². The first-order chi connectivity index (χ1) is 9.39. The van der Waals surface area contributed by atoms with E-state index in [4.69, 9.17) is 9.84 Å². The smallest absolute Gasteiger partial charge is 0.328 e. The molecular weight excluding hydrogens is 306 g/mol. The van der Waals surface area contributed by atoms with Gasteiger partial charge in [0.1, 0.15) is 0 Å². The van der Waals surface area contributed by atoms with Crippen LogP contribution >= 0.6 is 11.8 Å². The predicted molar refractivity (Wildman–Crippen MR) is 73.5 cm³/mol. The van der Waals surface area contributed by atoms with Gasteiger partial charge in [-0.15, -0.1) is 11.8 Å². The monoisotopic (exact) mass is 323 g/mol. The standard InChI is InChI=1S/C11H17NO6S2/c13-10(6-19-8-1-4-20(16,17)7-8)12-2-3-18-5-9(12)11(14)15/h8-9H,1-7H2,(H,14,15). The Morgan fingerprint density at radius 1 is 1.40 bits per heavy atom. The fraction of sp³-hybridized carbons (Fsp3) is 0.818. The highest BCUT2D eigenvalue weighted by molar-refractivity contribution is 8.02. The summed E-state index contributed by atoms with van der Waals surface area (Å²) < 4.78 is 27.7. The van der Waals surface area contributed by atoms with Crippen LogP contribution in [0.2, 0.25) is 0 Å². The third-order valence-electron chi connectivity index (χ3n) is 3.37. The van der Waals surface area contributed by atoms with Crippen LogP contribution in [0.5, 0.6) is 0 Å². The number of carboxylic acids is 1. The third kappa shape index (κ3) is 3.86. The summed E-state index contributed by atoms with van der Waals surface area (Å²) >= 11 is 1.30. The number of hydrogen-bond acceptors (Lipinski definition) is 6.